The normalized spacial score (nSPS) is 11.4. The van der Waals surface area contributed by atoms with Crippen LogP contribution in [0.15, 0.2) is 200 Å². The summed E-state index contributed by atoms with van der Waals surface area (Å²) in [7, 11) is 0. The van der Waals surface area contributed by atoms with Crippen molar-refractivity contribution in [1.82, 2.24) is 19.1 Å². The lowest BCUT2D eigenvalue weighted by atomic mass is 9.98. The van der Waals surface area contributed by atoms with Gasteiger partial charge in [0, 0.05) is 49.6 Å². The smallest absolute Gasteiger partial charge is 0.160 e. The molecular formula is C53H33N5. The summed E-state index contributed by atoms with van der Waals surface area (Å²) in [6, 6.07) is 72.0. The van der Waals surface area contributed by atoms with E-state index in [0.29, 0.717) is 11.4 Å². The predicted molar refractivity (Wildman–Crippen MR) is 237 cm³/mol. The zero-order chi connectivity index (χ0) is 38.6. The summed E-state index contributed by atoms with van der Waals surface area (Å²) in [5.41, 5.74) is 13.8. The molecule has 11 aromatic rings. The third kappa shape index (κ3) is 5.55. The van der Waals surface area contributed by atoms with Crippen molar-refractivity contribution in [3.8, 4) is 62.5 Å². The van der Waals surface area contributed by atoms with Crippen molar-refractivity contribution in [2.75, 3.05) is 0 Å². The molecule has 0 spiro atoms. The molecule has 3 aromatic heterocycles. The second-order valence-corrected chi connectivity index (χ2v) is 14.6. The van der Waals surface area contributed by atoms with Gasteiger partial charge in [-0.1, -0.05) is 127 Å². The van der Waals surface area contributed by atoms with E-state index in [4.69, 9.17) is 9.97 Å². The Labute approximate surface area is 335 Å². The van der Waals surface area contributed by atoms with Crippen LogP contribution >= 0.6 is 0 Å². The number of fused-ring (bicyclic) bond motifs is 6. The van der Waals surface area contributed by atoms with Gasteiger partial charge < -0.3 is 9.13 Å². The summed E-state index contributed by atoms with van der Waals surface area (Å²) >= 11 is 0. The van der Waals surface area contributed by atoms with E-state index in [1.54, 1.807) is 0 Å². The lowest BCUT2D eigenvalue weighted by Crippen LogP contribution is -1.99. The number of para-hydroxylation sites is 3. The molecule has 5 nitrogen and oxygen atoms in total. The minimum absolute atomic E-state index is 0.610. The number of rotatable bonds is 6. The first-order valence-electron chi connectivity index (χ1n) is 19.4. The summed E-state index contributed by atoms with van der Waals surface area (Å²) in [6.45, 7) is 0. The lowest BCUT2D eigenvalue weighted by Gasteiger charge is -2.15. The first kappa shape index (κ1) is 33.3. The van der Waals surface area contributed by atoms with Gasteiger partial charge in [-0.25, -0.2) is 9.97 Å². The van der Waals surface area contributed by atoms with Crippen LogP contribution in [0.5, 0.6) is 0 Å². The van der Waals surface area contributed by atoms with Crippen LogP contribution in [0.4, 0.5) is 0 Å². The third-order valence-electron chi connectivity index (χ3n) is 11.1. The molecule has 0 bridgehead atoms. The Balaban J connectivity index is 1.17. The molecular weight excluding hydrogens is 707 g/mol. The Morgan fingerprint density at radius 3 is 1.52 bits per heavy atom. The van der Waals surface area contributed by atoms with Crippen molar-refractivity contribution in [2.45, 2.75) is 0 Å². The van der Waals surface area contributed by atoms with E-state index < -0.39 is 0 Å². The molecule has 270 valence electrons. The molecule has 0 radical (unpaired) electrons. The first-order chi connectivity index (χ1) is 28.7. The fourth-order valence-corrected chi connectivity index (χ4v) is 8.47. The summed E-state index contributed by atoms with van der Waals surface area (Å²) in [5.74, 6) is 0.657. The molecule has 0 saturated carbocycles. The van der Waals surface area contributed by atoms with Crippen LogP contribution in [-0.4, -0.2) is 19.1 Å². The van der Waals surface area contributed by atoms with Gasteiger partial charge in [0.2, 0.25) is 0 Å². The summed E-state index contributed by atoms with van der Waals surface area (Å²) < 4.78 is 4.74. The van der Waals surface area contributed by atoms with E-state index in [2.05, 4.69) is 161 Å². The van der Waals surface area contributed by atoms with E-state index in [-0.39, 0.29) is 0 Å². The van der Waals surface area contributed by atoms with Crippen molar-refractivity contribution in [3.63, 3.8) is 0 Å². The zero-order valence-electron chi connectivity index (χ0n) is 31.3. The molecule has 0 fully saturated rings. The fraction of sp³-hybridized carbons (Fsp3) is 0. The molecule has 11 rings (SSSR count). The standard InChI is InChI=1S/C53H33N5/c54-34-35-14-13-19-38(28-35)39-29-40(48-33-47(36-15-3-1-4-16-36)55-53(56-48)37-17-5-2-6-18-37)31-42(30-39)58-51-25-12-9-22-45(51)46-32-41(26-27-52(46)58)57-49-23-10-7-20-43(49)44-21-8-11-24-50(44)57/h1-33H. The maximum atomic E-state index is 9.90. The molecule has 0 N–H and O–H groups in total. The van der Waals surface area contributed by atoms with Crippen molar-refractivity contribution < 1.29 is 0 Å². The quantitative estimate of drug-likeness (QED) is 0.171. The van der Waals surface area contributed by atoms with Crippen LogP contribution in [0, 0.1) is 11.3 Å². The molecule has 5 heteroatoms. The highest BCUT2D eigenvalue weighted by Crippen LogP contribution is 2.39. The van der Waals surface area contributed by atoms with Crippen LogP contribution in [0.3, 0.4) is 0 Å². The highest BCUT2D eigenvalue weighted by atomic mass is 15.0. The Bertz CT molecular complexity index is 3290. The molecule has 0 saturated heterocycles. The van der Waals surface area contributed by atoms with E-state index in [1.165, 1.54) is 27.2 Å². The molecule has 0 aliphatic heterocycles. The number of hydrogen-bond donors (Lipinski definition) is 0. The monoisotopic (exact) mass is 739 g/mol. The SMILES string of the molecule is N#Cc1cccc(-c2cc(-c3cc(-c4ccccc4)nc(-c4ccccc4)n3)cc(-n3c4ccccc4c4cc(-n5c6ccccc6c6ccccc65)ccc43)c2)c1. The van der Waals surface area contributed by atoms with Crippen LogP contribution < -0.4 is 0 Å². The minimum atomic E-state index is 0.610. The number of nitriles is 1. The maximum Gasteiger partial charge on any atom is 0.160 e. The maximum absolute atomic E-state index is 9.90. The minimum Gasteiger partial charge on any atom is -0.309 e. The van der Waals surface area contributed by atoms with Crippen LogP contribution in [0.2, 0.25) is 0 Å². The van der Waals surface area contributed by atoms with Gasteiger partial charge in [-0.15, -0.1) is 0 Å². The van der Waals surface area contributed by atoms with Gasteiger partial charge in [-0.3, -0.25) is 0 Å². The molecule has 3 heterocycles. The largest absolute Gasteiger partial charge is 0.309 e. The van der Waals surface area contributed by atoms with E-state index in [1.807, 2.05) is 54.6 Å². The third-order valence-corrected chi connectivity index (χ3v) is 11.1. The van der Waals surface area contributed by atoms with Crippen LogP contribution in [-0.2, 0) is 0 Å². The molecule has 58 heavy (non-hydrogen) atoms. The molecule has 0 unspecified atom stereocenters. The topological polar surface area (TPSA) is 59.4 Å². The number of aromatic nitrogens is 4. The summed E-state index contributed by atoms with van der Waals surface area (Å²) in [6.07, 6.45) is 0. The van der Waals surface area contributed by atoms with Gasteiger partial charge in [-0.2, -0.15) is 5.26 Å². The average Bonchev–Trinajstić information content (AvgIpc) is 3.82. The number of nitrogens with zero attached hydrogens (tertiary/aromatic N) is 5. The van der Waals surface area contributed by atoms with Gasteiger partial charge in [0.15, 0.2) is 5.82 Å². The molecule has 0 amide bonds. The van der Waals surface area contributed by atoms with E-state index in [0.717, 1.165) is 67.0 Å². The van der Waals surface area contributed by atoms with Crippen molar-refractivity contribution in [1.29, 1.82) is 5.26 Å². The van der Waals surface area contributed by atoms with Crippen LogP contribution in [0.25, 0.3) is 100 Å². The van der Waals surface area contributed by atoms with Gasteiger partial charge in [0.25, 0.3) is 0 Å². The second kappa shape index (κ2) is 13.6. The van der Waals surface area contributed by atoms with E-state index >= 15 is 0 Å². The molecule has 0 atom stereocenters. The van der Waals surface area contributed by atoms with Crippen molar-refractivity contribution in [2.24, 2.45) is 0 Å². The fourth-order valence-electron chi connectivity index (χ4n) is 8.47. The second-order valence-electron chi connectivity index (χ2n) is 14.6. The highest BCUT2D eigenvalue weighted by Gasteiger charge is 2.19. The number of hydrogen-bond acceptors (Lipinski definition) is 3. The lowest BCUT2D eigenvalue weighted by molar-refractivity contribution is 1.16. The molecule has 0 aliphatic rings. The molecule has 8 aromatic carbocycles. The van der Waals surface area contributed by atoms with Gasteiger partial charge in [0.05, 0.1) is 45.1 Å². The van der Waals surface area contributed by atoms with Crippen LogP contribution in [0.1, 0.15) is 5.56 Å². The zero-order valence-corrected chi connectivity index (χ0v) is 31.3. The van der Waals surface area contributed by atoms with E-state index in [9.17, 15) is 5.26 Å². The predicted octanol–water partition coefficient (Wildman–Crippen LogP) is 13.2. The Morgan fingerprint density at radius 1 is 0.345 bits per heavy atom. The highest BCUT2D eigenvalue weighted by molar-refractivity contribution is 6.12. The molecule has 0 aliphatic carbocycles. The van der Waals surface area contributed by atoms with Gasteiger partial charge in [-0.05, 0) is 83.9 Å². The summed E-state index contributed by atoms with van der Waals surface area (Å²) in [4.78, 5) is 10.3. The Morgan fingerprint density at radius 2 is 0.862 bits per heavy atom. The van der Waals surface area contributed by atoms with Crippen molar-refractivity contribution >= 4 is 43.6 Å². The van der Waals surface area contributed by atoms with Gasteiger partial charge in [0.1, 0.15) is 0 Å². The Hall–Kier alpha value is -8.07. The number of benzene rings is 8. The van der Waals surface area contributed by atoms with Gasteiger partial charge >= 0.3 is 0 Å². The summed E-state index contributed by atoms with van der Waals surface area (Å²) in [5, 5.41) is 14.7. The first-order valence-corrected chi connectivity index (χ1v) is 19.4. The van der Waals surface area contributed by atoms with Crippen molar-refractivity contribution in [3.05, 3.63) is 206 Å². The average molecular weight is 740 g/mol. The Kier molecular flexibility index (Phi) is 7.80.